The molecule has 6 heteroatoms. The Balaban J connectivity index is 2.92. The summed E-state index contributed by atoms with van der Waals surface area (Å²) in [5.74, 6) is -0.290. The smallest absolute Gasteiger partial charge is 0.325 e. The van der Waals surface area contributed by atoms with E-state index in [0.29, 0.717) is 5.69 Å². The summed E-state index contributed by atoms with van der Waals surface area (Å²) >= 11 is 4.84. The van der Waals surface area contributed by atoms with Crippen molar-refractivity contribution >= 4 is 28.9 Å². The number of esters is 1. The third kappa shape index (κ3) is 3.66. The zero-order valence-corrected chi connectivity index (χ0v) is 11.5. The van der Waals surface area contributed by atoms with E-state index in [9.17, 15) is 4.79 Å². The molecule has 0 radical (unpaired) electrons. The lowest BCUT2D eigenvalue weighted by Crippen LogP contribution is -2.36. The summed E-state index contributed by atoms with van der Waals surface area (Å²) in [4.78, 5) is 17.7. The highest BCUT2D eigenvalue weighted by Crippen LogP contribution is 2.16. The number of methoxy groups -OCH3 is 1. The molecular formula is C12H17N3O2S. The van der Waals surface area contributed by atoms with Crippen molar-refractivity contribution in [3.05, 3.63) is 24.0 Å². The van der Waals surface area contributed by atoms with Crippen molar-refractivity contribution in [1.29, 1.82) is 0 Å². The van der Waals surface area contributed by atoms with Gasteiger partial charge in [0.15, 0.2) is 0 Å². The van der Waals surface area contributed by atoms with Gasteiger partial charge in [0.25, 0.3) is 0 Å². The van der Waals surface area contributed by atoms with E-state index >= 15 is 0 Å². The molecule has 1 heterocycles. The summed E-state index contributed by atoms with van der Waals surface area (Å²) < 4.78 is 4.67. The van der Waals surface area contributed by atoms with E-state index in [1.165, 1.54) is 7.11 Å². The number of aromatic nitrogens is 1. The number of anilines is 1. The second kappa shape index (κ2) is 6.30. The molecule has 0 saturated carbocycles. The lowest BCUT2D eigenvalue weighted by atomic mass is 10.2. The minimum Gasteiger partial charge on any atom is -0.468 e. The lowest BCUT2D eigenvalue weighted by molar-refractivity contribution is -0.139. The summed E-state index contributed by atoms with van der Waals surface area (Å²) in [5.41, 5.74) is 6.88. The maximum absolute atomic E-state index is 11.4. The van der Waals surface area contributed by atoms with Crippen LogP contribution in [0.2, 0.25) is 0 Å². The zero-order valence-electron chi connectivity index (χ0n) is 10.7. The quantitative estimate of drug-likeness (QED) is 0.636. The first kappa shape index (κ1) is 14.4. The highest BCUT2D eigenvalue weighted by molar-refractivity contribution is 7.80. The van der Waals surface area contributed by atoms with E-state index < -0.39 is 0 Å². The van der Waals surface area contributed by atoms with Gasteiger partial charge in [-0.15, -0.1) is 0 Å². The van der Waals surface area contributed by atoms with Gasteiger partial charge in [-0.05, 0) is 26.0 Å². The number of carbonyl (C=O) groups is 1. The molecule has 0 fully saturated rings. The zero-order chi connectivity index (χ0) is 13.7. The third-order valence-electron chi connectivity index (χ3n) is 2.48. The van der Waals surface area contributed by atoms with Crippen LogP contribution in [-0.4, -0.2) is 35.6 Å². The normalized spacial score (nSPS) is 10.2. The SMILES string of the molecule is COC(=O)CN(c1ccc(C(N)=S)nc1)C(C)C. The van der Waals surface area contributed by atoms with Gasteiger partial charge in [0.05, 0.1) is 24.7 Å². The molecule has 1 rings (SSSR count). The summed E-state index contributed by atoms with van der Waals surface area (Å²) in [6.45, 7) is 4.16. The standard InChI is InChI=1S/C12H17N3O2S/c1-8(2)15(7-11(16)17-3)9-4-5-10(12(13)18)14-6-9/h4-6,8H,7H2,1-3H3,(H2,13,18). The number of hydrogen-bond acceptors (Lipinski definition) is 5. The van der Waals surface area contributed by atoms with Crippen LogP contribution >= 0.6 is 12.2 Å². The Hall–Kier alpha value is -1.69. The molecule has 2 N–H and O–H groups in total. The third-order valence-corrected chi connectivity index (χ3v) is 2.69. The Morgan fingerprint density at radius 2 is 2.22 bits per heavy atom. The second-order valence-corrected chi connectivity index (χ2v) is 4.50. The molecule has 0 spiro atoms. The fourth-order valence-corrected chi connectivity index (χ4v) is 1.60. The van der Waals surface area contributed by atoms with Gasteiger partial charge in [-0.1, -0.05) is 12.2 Å². The van der Waals surface area contributed by atoms with Crippen LogP contribution in [0.3, 0.4) is 0 Å². The van der Waals surface area contributed by atoms with Crippen LogP contribution in [0.25, 0.3) is 0 Å². The molecule has 0 saturated heterocycles. The summed E-state index contributed by atoms with van der Waals surface area (Å²) in [6, 6.07) is 3.73. The van der Waals surface area contributed by atoms with Gasteiger partial charge in [0.1, 0.15) is 11.5 Å². The molecule has 1 aromatic heterocycles. The summed E-state index contributed by atoms with van der Waals surface area (Å²) in [7, 11) is 1.37. The van der Waals surface area contributed by atoms with Crippen molar-refractivity contribution in [3.8, 4) is 0 Å². The molecule has 0 aliphatic heterocycles. The van der Waals surface area contributed by atoms with E-state index in [2.05, 4.69) is 9.72 Å². The van der Waals surface area contributed by atoms with Crippen LogP contribution in [-0.2, 0) is 9.53 Å². The van der Waals surface area contributed by atoms with Crippen LogP contribution in [0.1, 0.15) is 19.5 Å². The van der Waals surface area contributed by atoms with Gasteiger partial charge in [-0.2, -0.15) is 0 Å². The van der Waals surface area contributed by atoms with Gasteiger partial charge in [0.2, 0.25) is 0 Å². The average Bonchev–Trinajstić information content (AvgIpc) is 2.35. The Kier molecular flexibility index (Phi) is 5.03. The highest BCUT2D eigenvalue weighted by atomic mass is 32.1. The largest absolute Gasteiger partial charge is 0.468 e. The number of nitrogens with two attached hydrogens (primary N) is 1. The molecule has 0 aliphatic carbocycles. The Morgan fingerprint density at radius 3 is 2.61 bits per heavy atom. The van der Waals surface area contributed by atoms with Gasteiger partial charge in [0, 0.05) is 6.04 Å². The van der Waals surface area contributed by atoms with Crippen molar-refractivity contribution in [2.45, 2.75) is 19.9 Å². The fourth-order valence-electron chi connectivity index (χ4n) is 1.48. The molecule has 0 amide bonds. The molecule has 0 unspecified atom stereocenters. The first-order valence-corrected chi connectivity index (χ1v) is 5.95. The molecule has 1 aromatic rings. The predicted octanol–water partition coefficient (Wildman–Crippen LogP) is 1.10. The molecule has 98 valence electrons. The summed E-state index contributed by atoms with van der Waals surface area (Å²) in [5, 5.41) is 0. The average molecular weight is 267 g/mol. The number of pyridine rings is 1. The molecule has 5 nitrogen and oxygen atoms in total. The molecule has 0 bridgehead atoms. The lowest BCUT2D eigenvalue weighted by Gasteiger charge is -2.27. The Morgan fingerprint density at radius 1 is 1.56 bits per heavy atom. The molecule has 18 heavy (non-hydrogen) atoms. The highest BCUT2D eigenvalue weighted by Gasteiger charge is 2.15. The van der Waals surface area contributed by atoms with E-state index in [0.717, 1.165) is 5.69 Å². The predicted molar refractivity (Wildman–Crippen MR) is 74.6 cm³/mol. The summed E-state index contributed by atoms with van der Waals surface area (Å²) in [6.07, 6.45) is 1.65. The number of carbonyl (C=O) groups excluding carboxylic acids is 1. The number of nitrogens with zero attached hydrogens (tertiary/aromatic N) is 2. The van der Waals surface area contributed by atoms with E-state index in [1.54, 1.807) is 12.3 Å². The van der Waals surface area contributed by atoms with Crippen LogP contribution in [0.15, 0.2) is 18.3 Å². The molecule has 0 aromatic carbocycles. The van der Waals surface area contributed by atoms with Crippen LogP contribution in [0.4, 0.5) is 5.69 Å². The maximum atomic E-state index is 11.4. The van der Waals surface area contributed by atoms with Crippen molar-refractivity contribution in [3.63, 3.8) is 0 Å². The minimum absolute atomic E-state index is 0.154. The fraction of sp³-hybridized carbons (Fsp3) is 0.417. The first-order valence-electron chi connectivity index (χ1n) is 5.55. The molecule has 0 aliphatic rings. The second-order valence-electron chi connectivity index (χ2n) is 4.06. The van der Waals surface area contributed by atoms with Gasteiger partial charge in [-0.25, -0.2) is 0 Å². The minimum atomic E-state index is -0.290. The van der Waals surface area contributed by atoms with Crippen molar-refractivity contribution in [1.82, 2.24) is 4.98 Å². The number of ether oxygens (including phenoxy) is 1. The van der Waals surface area contributed by atoms with Crippen molar-refractivity contribution < 1.29 is 9.53 Å². The monoisotopic (exact) mass is 267 g/mol. The Labute approximate surface area is 112 Å². The van der Waals surface area contributed by atoms with E-state index in [-0.39, 0.29) is 23.5 Å². The van der Waals surface area contributed by atoms with Gasteiger partial charge < -0.3 is 15.4 Å². The van der Waals surface area contributed by atoms with Crippen LogP contribution in [0, 0.1) is 0 Å². The Bertz CT molecular complexity index is 431. The van der Waals surface area contributed by atoms with Gasteiger partial charge >= 0.3 is 5.97 Å². The maximum Gasteiger partial charge on any atom is 0.325 e. The molecular weight excluding hydrogens is 250 g/mol. The van der Waals surface area contributed by atoms with Gasteiger partial charge in [-0.3, -0.25) is 9.78 Å². The number of rotatable bonds is 5. The van der Waals surface area contributed by atoms with E-state index in [4.69, 9.17) is 18.0 Å². The van der Waals surface area contributed by atoms with Crippen molar-refractivity contribution in [2.24, 2.45) is 5.73 Å². The molecule has 0 atom stereocenters. The first-order chi connectivity index (χ1) is 8.45. The van der Waals surface area contributed by atoms with E-state index in [1.807, 2.05) is 24.8 Å². The number of thiocarbonyl (C=S) groups is 1. The van der Waals surface area contributed by atoms with Crippen LogP contribution in [0.5, 0.6) is 0 Å². The topological polar surface area (TPSA) is 68.5 Å². The van der Waals surface area contributed by atoms with Crippen molar-refractivity contribution in [2.75, 3.05) is 18.6 Å². The van der Waals surface area contributed by atoms with Crippen LogP contribution < -0.4 is 10.6 Å². The number of hydrogen-bond donors (Lipinski definition) is 1.